The number of methoxy groups -OCH3 is 1. The Morgan fingerprint density at radius 2 is 1.74 bits per heavy atom. The van der Waals surface area contributed by atoms with Gasteiger partial charge >= 0.3 is 11.9 Å². The molecular formula is C17H17ClO5. The van der Waals surface area contributed by atoms with Gasteiger partial charge in [0.05, 0.1) is 6.42 Å². The Bertz CT molecular complexity index is 642. The highest BCUT2D eigenvalue weighted by molar-refractivity contribution is 6.30. The standard InChI is InChI=1S/C9H10O3.C8H7ClO2/c1-12-8(9(10)11)7-5-3-2-4-6-7;9-7-3-1-2-6(4-7)5-8(10)11/h2-6,8H,1H3,(H,10,11);1-4H,5H2,(H,10,11). The zero-order valence-corrected chi connectivity index (χ0v) is 13.2. The van der Waals surface area contributed by atoms with Gasteiger partial charge in [-0.1, -0.05) is 54.1 Å². The molecule has 0 radical (unpaired) electrons. The molecule has 0 aliphatic carbocycles. The number of aliphatic carboxylic acids is 2. The monoisotopic (exact) mass is 336 g/mol. The second-order valence-electron chi connectivity index (χ2n) is 4.57. The van der Waals surface area contributed by atoms with Crippen molar-refractivity contribution in [3.8, 4) is 0 Å². The fraction of sp³-hybridized carbons (Fsp3) is 0.176. The van der Waals surface area contributed by atoms with Gasteiger partial charge in [-0.05, 0) is 23.3 Å². The smallest absolute Gasteiger partial charge is 0.337 e. The zero-order valence-electron chi connectivity index (χ0n) is 12.5. The highest BCUT2D eigenvalue weighted by Gasteiger charge is 2.17. The predicted molar refractivity (Wildman–Crippen MR) is 86.6 cm³/mol. The molecule has 122 valence electrons. The predicted octanol–water partition coefficient (Wildman–Crippen LogP) is 3.43. The van der Waals surface area contributed by atoms with Crippen molar-refractivity contribution in [3.05, 3.63) is 70.7 Å². The Morgan fingerprint density at radius 1 is 1.09 bits per heavy atom. The molecule has 2 aromatic carbocycles. The molecule has 0 aliphatic rings. The van der Waals surface area contributed by atoms with Gasteiger partial charge in [-0.3, -0.25) is 4.79 Å². The lowest BCUT2D eigenvalue weighted by Gasteiger charge is -2.09. The van der Waals surface area contributed by atoms with E-state index in [9.17, 15) is 9.59 Å². The van der Waals surface area contributed by atoms with Gasteiger partial charge in [0.1, 0.15) is 0 Å². The Balaban J connectivity index is 0.000000231. The summed E-state index contributed by atoms with van der Waals surface area (Å²) in [5.74, 6) is -1.81. The minimum absolute atomic E-state index is 0.0283. The molecule has 2 rings (SSSR count). The van der Waals surface area contributed by atoms with E-state index in [1.807, 2.05) is 6.07 Å². The second kappa shape index (κ2) is 9.61. The van der Waals surface area contributed by atoms with Crippen molar-refractivity contribution in [1.29, 1.82) is 0 Å². The molecule has 0 saturated heterocycles. The number of benzene rings is 2. The van der Waals surface area contributed by atoms with Gasteiger partial charge in [0.2, 0.25) is 0 Å². The molecule has 0 amide bonds. The van der Waals surface area contributed by atoms with Crippen LogP contribution in [-0.4, -0.2) is 29.3 Å². The zero-order chi connectivity index (χ0) is 17.2. The quantitative estimate of drug-likeness (QED) is 0.874. The lowest BCUT2D eigenvalue weighted by atomic mass is 10.1. The van der Waals surface area contributed by atoms with Crippen LogP contribution in [0.2, 0.25) is 5.02 Å². The third-order valence-corrected chi connectivity index (χ3v) is 3.04. The van der Waals surface area contributed by atoms with E-state index in [1.165, 1.54) is 7.11 Å². The molecule has 0 spiro atoms. The SMILES string of the molecule is COC(C(=O)O)c1ccccc1.O=C(O)Cc1cccc(Cl)c1. The minimum atomic E-state index is -0.969. The average molecular weight is 337 g/mol. The molecule has 2 aromatic rings. The van der Waals surface area contributed by atoms with E-state index in [-0.39, 0.29) is 6.42 Å². The Kier molecular flexibility index (Phi) is 7.80. The summed E-state index contributed by atoms with van der Waals surface area (Å²) in [6.07, 6.45) is -0.827. The van der Waals surface area contributed by atoms with Crippen LogP contribution < -0.4 is 0 Å². The van der Waals surface area contributed by atoms with Crippen LogP contribution in [0.4, 0.5) is 0 Å². The molecule has 0 aromatic heterocycles. The van der Waals surface area contributed by atoms with E-state index in [2.05, 4.69) is 0 Å². The van der Waals surface area contributed by atoms with Crippen molar-refractivity contribution >= 4 is 23.5 Å². The number of halogens is 1. The van der Waals surface area contributed by atoms with Gasteiger partial charge in [0, 0.05) is 12.1 Å². The van der Waals surface area contributed by atoms with E-state index < -0.39 is 18.0 Å². The summed E-state index contributed by atoms with van der Waals surface area (Å²) in [5.41, 5.74) is 1.39. The van der Waals surface area contributed by atoms with Gasteiger partial charge in [0.25, 0.3) is 0 Å². The first kappa shape index (κ1) is 18.7. The first-order valence-corrected chi connectivity index (χ1v) is 7.08. The minimum Gasteiger partial charge on any atom is -0.481 e. The molecule has 0 heterocycles. The Morgan fingerprint density at radius 3 is 2.22 bits per heavy atom. The number of ether oxygens (including phenoxy) is 1. The van der Waals surface area contributed by atoms with Crippen LogP contribution >= 0.6 is 11.6 Å². The molecule has 0 fully saturated rings. The summed E-state index contributed by atoms with van der Waals surface area (Å²) in [6.45, 7) is 0. The molecule has 23 heavy (non-hydrogen) atoms. The van der Waals surface area contributed by atoms with E-state index in [1.54, 1.807) is 48.5 Å². The van der Waals surface area contributed by atoms with Crippen LogP contribution in [-0.2, 0) is 20.7 Å². The summed E-state index contributed by atoms with van der Waals surface area (Å²) in [7, 11) is 1.38. The molecule has 5 nitrogen and oxygen atoms in total. The third kappa shape index (κ3) is 6.95. The maximum Gasteiger partial charge on any atom is 0.337 e. The van der Waals surface area contributed by atoms with E-state index >= 15 is 0 Å². The van der Waals surface area contributed by atoms with Crippen molar-refractivity contribution in [3.63, 3.8) is 0 Å². The van der Waals surface area contributed by atoms with Crippen molar-refractivity contribution in [2.24, 2.45) is 0 Å². The summed E-state index contributed by atoms with van der Waals surface area (Å²) < 4.78 is 4.80. The number of carbonyl (C=O) groups is 2. The van der Waals surface area contributed by atoms with Crippen LogP contribution in [0.1, 0.15) is 17.2 Å². The average Bonchev–Trinajstić information content (AvgIpc) is 2.48. The molecule has 6 heteroatoms. The molecular weight excluding hydrogens is 320 g/mol. The third-order valence-electron chi connectivity index (χ3n) is 2.81. The van der Waals surface area contributed by atoms with Crippen molar-refractivity contribution in [2.75, 3.05) is 7.11 Å². The van der Waals surface area contributed by atoms with Crippen LogP contribution in [0.3, 0.4) is 0 Å². The second-order valence-corrected chi connectivity index (χ2v) is 5.00. The van der Waals surface area contributed by atoms with Gasteiger partial charge in [0.15, 0.2) is 6.10 Å². The molecule has 0 aliphatic heterocycles. The lowest BCUT2D eigenvalue weighted by Crippen LogP contribution is -2.12. The summed E-state index contributed by atoms with van der Waals surface area (Å²) in [6, 6.07) is 15.7. The number of rotatable bonds is 5. The molecule has 1 atom stereocenters. The van der Waals surface area contributed by atoms with Gasteiger partial charge < -0.3 is 14.9 Å². The molecule has 2 N–H and O–H groups in total. The number of hydrogen-bond donors (Lipinski definition) is 2. The normalized spacial score (nSPS) is 11.0. The van der Waals surface area contributed by atoms with E-state index in [0.717, 1.165) is 5.56 Å². The Hall–Kier alpha value is -2.37. The van der Waals surface area contributed by atoms with Crippen molar-refractivity contribution in [1.82, 2.24) is 0 Å². The Labute approximate surface area is 139 Å². The van der Waals surface area contributed by atoms with E-state index in [0.29, 0.717) is 10.6 Å². The summed E-state index contributed by atoms with van der Waals surface area (Å²) >= 11 is 5.64. The topological polar surface area (TPSA) is 83.8 Å². The van der Waals surface area contributed by atoms with E-state index in [4.69, 9.17) is 26.6 Å². The highest BCUT2D eigenvalue weighted by Crippen LogP contribution is 2.15. The van der Waals surface area contributed by atoms with Crippen LogP contribution in [0, 0.1) is 0 Å². The maximum atomic E-state index is 10.6. The number of carboxylic acids is 2. The fourth-order valence-electron chi connectivity index (χ4n) is 1.83. The van der Waals surface area contributed by atoms with Crippen molar-refractivity contribution in [2.45, 2.75) is 12.5 Å². The first-order valence-electron chi connectivity index (χ1n) is 6.70. The van der Waals surface area contributed by atoms with Crippen molar-refractivity contribution < 1.29 is 24.5 Å². The van der Waals surface area contributed by atoms with Gasteiger partial charge in [-0.25, -0.2) is 4.79 Å². The van der Waals surface area contributed by atoms with Gasteiger partial charge in [-0.15, -0.1) is 0 Å². The first-order chi connectivity index (χ1) is 10.9. The molecule has 1 unspecified atom stereocenters. The number of hydrogen-bond acceptors (Lipinski definition) is 3. The number of carboxylic acid groups (broad SMARTS) is 2. The lowest BCUT2D eigenvalue weighted by molar-refractivity contribution is -0.148. The van der Waals surface area contributed by atoms with Gasteiger partial charge in [-0.2, -0.15) is 0 Å². The maximum absolute atomic E-state index is 10.6. The highest BCUT2D eigenvalue weighted by atomic mass is 35.5. The fourth-order valence-corrected chi connectivity index (χ4v) is 2.04. The van der Waals surface area contributed by atoms with Crippen LogP contribution in [0.25, 0.3) is 0 Å². The largest absolute Gasteiger partial charge is 0.481 e. The molecule has 0 bridgehead atoms. The van der Waals surface area contributed by atoms with Crippen LogP contribution in [0.5, 0.6) is 0 Å². The summed E-state index contributed by atoms with van der Waals surface area (Å²) in [4.78, 5) is 20.8. The van der Waals surface area contributed by atoms with Crippen LogP contribution in [0.15, 0.2) is 54.6 Å². The molecule has 0 saturated carbocycles. The summed E-state index contributed by atoms with van der Waals surface area (Å²) in [5, 5.41) is 17.7.